The van der Waals surface area contributed by atoms with Crippen molar-refractivity contribution in [1.29, 1.82) is 0 Å². The van der Waals surface area contributed by atoms with Crippen molar-refractivity contribution in [2.24, 2.45) is 5.73 Å². The van der Waals surface area contributed by atoms with Gasteiger partial charge in [0.05, 0.1) is 24.1 Å². The third-order valence-electron chi connectivity index (χ3n) is 2.59. The van der Waals surface area contributed by atoms with Gasteiger partial charge in [0.25, 0.3) is 5.56 Å². The molecule has 0 fully saturated rings. The topological polar surface area (TPSA) is 104 Å². The van der Waals surface area contributed by atoms with Crippen LogP contribution in [0, 0.1) is 0 Å². The molecule has 1 atom stereocenters. The predicted octanol–water partition coefficient (Wildman–Crippen LogP) is -0.190. The number of nitrogens with zero attached hydrogens (tertiary/aromatic N) is 6. The van der Waals surface area contributed by atoms with Crippen LogP contribution in [0.5, 0.6) is 0 Å². The zero-order chi connectivity index (χ0) is 13.4. The number of fused-ring (bicyclic) bond motifs is 1. The van der Waals surface area contributed by atoms with Crippen LogP contribution in [0.25, 0.3) is 4.96 Å². The van der Waals surface area contributed by atoms with E-state index in [0.29, 0.717) is 22.9 Å². The molecular weight excluding hydrogens is 266 g/mol. The van der Waals surface area contributed by atoms with Gasteiger partial charge in [-0.25, -0.2) is 9.67 Å². The SMILES string of the molecule is CC(N)c1cn(Cc2cc(=O)n3ncsc3n2)nn1. The molecule has 3 rings (SSSR count). The van der Waals surface area contributed by atoms with Gasteiger partial charge < -0.3 is 5.73 Å². The quantitative estimate of drug-likeness (QED) is 0.711. The van der Waals surface area contributed by atoms with Crippen molar-refractivity contribution in [3.05, 3.63) is 39.5 Å². The smallest absolute Gasteiger partial charge is 0.275 e. The third kappa shape index (κ3) is 2.25. The summed E-state index contributed by atoms with van der Waals surface area (Å²) in [7, 11) is 0. The molecule has 0 amide bonds. The van der Waals surface area contributed by atoms with Crippen molar-refractivity contribution in [1.82, 2.24) is 29.6 Å². The molecule has 0 aliphatic rings. The Balaban J connectivity index is 1.93. The van der Waals surface area contributed by atoms with Crippen molar-refractivity contribution in [3.8, 4) is 0 Å². The fourth-order valence-corrected chi connectivity index (χ4v) is 2.29. The van der Waals surface area contributed by atoms with Crippen LogP contribution in [0.4, 0.5) is 0 Å². The number of hydrogen-bond donors (Lipinski definition) is 1. The van der Waals surface area contributed by atoms with Gasteiger partial charge in [-0.2, -0.15) is 9.61 Å². The van der Waals surface area contributed by atoms with Gasteiger partial charge in [0.2, 0.25) is 4.96 Å². The molecule has 1 unspecified atom stereocenters. The largest absolute Gasteiger partial charge is 0.323 e. The van der Waals surface area contributed by atoms with Gasteiger partial charge in [-0.15, -0.1) is 5.10 Å². The molecular formula is C10H11N7OS. The summed E-state index contributed by atoms with van der Waals surface area (Å²) >= 11 is 1.31. The molecule has 0 saturated carbocycles. The second kappa shape index (κ2) is 4.52. The van der Waals surface area contributed by atoms with Crippen LogP contribution in [0.3, 0.4) is 0 Å². The molecule has 19 heavy (non-hydrogen) atoms. The average molecular weight is 277 g/mol. The van der Waals surface area contributed by atoms with Gasteiger partial charge in [-0.05, 0) is 6.92 Å². The molecule has 3 aromatic heterocycles. The maximum absolute atomic E-state index is 11.8. The molecule has 2 N–H and O–H groups in total. The van der Waals surface area contributed by atoms with Crippen LogP contribution < -0.4 is 11.3 Å². The Hall–Kier alpha value is -2.13. The van der Waals surface area contributed by atoms with E-state index < -0.39 is 0 Å². The molecule has 0 aliphatic heterocycles. The van der Waals surface area contributed by atoms with E-state index in [2.05, 4.69) is 20.4 Å². The fourth-order valence-electron chi connectivity index (χ4n) is 1.65. The normalized spacial score (nSPS) is 12.9. The lowest BCUT2D eigenvalue weighted by Crippen LogP contribution is -2.16. The highest BCUT2D eigenvalue weighted by atomic mass is 32.1. The summed E-state index contributed by atoms with van der Waals surface area (Å²) in [5, 5.41) is 11.8. The van der Waals surface area contributed by atoms with Gasteiger partial charge in [-0.1, -0.05) is 16.6 Å². The van der Waals surface area contributed by atoms with Gasteiger partial charge >= 0.3 is 0 Å². The molecule has 0 bridgehead atoms. The summed E-state index contributed by atoms with van der Waals surface area (Å²) in [4.78, 5) is 16.7. The number of aromatic nitrogens is 6. The summed E-state index contributed by atoms with van der Waals surface area (Å²) in [6.07, 6.45) is 1.75. The van der Waals surface area contributed by atoms with E-state index in [1.54, 1.807) is 16.4 Å². The summed E-state index contributed by atoms with van der Waals surface area (Å²) in [6, 6.07) is 1.27. The van der Waals surface area contributed by atoms with E-state index in [4.69, 9.17) is 5.73 Å². The monoisotopic (exact) mass is 277 g/mol. The summed E-state index contributed by atoms with van der Waals surface area (Å²) in [5.41, 5.74) is 8.42. The van der Waals surface area contributed by atoms with Crippen molar-refractivity contribution in [2.45, 2.75) is 19.5 Å². The van der Waals surface area contributed by atoms with Gasteiger partial charge in [0, 0.05) is 12.1 Å². The van der Waals surface area contributed by atoms with E-state index in [-0.39, 0.29) is 11.6 Å². The van der Waals surface area contributed by atoms with Crippen LogP contribution >= 0.6 is 11.3 Å². The average Bonchev–Trinajstić information content (AvgIpc) is 2.97. The number of rotatable bonds is 3. The van der Waals surface area contributed by atoms with Crippen LogP contribution in [0.2, 0.25) is 0 Å². The van der Waals surface area contributed by atoms with Crippen LogP contribution in [0.1, 0.15) is 24.4 Å². The van der Waals surface area contributed by atoms with Crippen molar-refractivity contribution >= 4 is 16.3 Å². The van der Waals surface area contributed by atoms with Crippen molar-refractivity contribution in [3.63, 3.8) is 0 Å². The summed E-state index contributed by atoms with van der Waals surface area (Å²) in [5.74, 6) is 0. The van der Waals surface area contributed by atoms with Crippen LogP contribution in [-0.4, -0.2) is 29.6 Å². The summed E-state index contributed by atoms with van der Waals surface area (Å²) < 4.78 is 2.88. The predicted molar refractivity (Wildman–Crippen MR) is 68.9 cm³/mol. The number of nitrogens with two attached hydrogens (primary N) is 1. The second-order valence-electron chi connectivity index (χ2n) is 4.15. The maximum atomic E-state index is 11.8. The van der Waals surface area contributed by atoms with Gasteiger partial charge in [0.15, 0.2) is 0 Å². The Bertz CT molecular complexity index is 771. The standard InChI is InChI=1S/C10H11N7OS/c1-6(11)8-4-16(15-14-8)3-7-2-9(18)17-10(13-7)19-5-12-17/h2,4-6H,3,11H2,1H3. The highest BCUT2D eigenvalue weighted by molar-refractivity contribution is 7.14. The Morgan fingerprint density at radius 3 is 3.11 bits per heavy atom. The maximum Gasteiger partial charge on any atom is 0.275 e. The minimum atomic E-state index is -0.200. The molecule has 0 saturated heterocycles. The van der Waals surface area contributed by atoms with E-state index in [9.17, 15) is 4.79 Å². The zero-order valence-electron chi connectivity index (χ0n) is 10.1. The second-order valence-corrected chi connectivity index (χ2v) is 4.96. The Labute approximate surface area is 111 Å². The molecule has 0 aliphatic carbocycles. The molecule has 9 heteroatoms. The van der Waals surface area contributed by atoms with Gasteiger partial charge in [-0.3, -0.25) is 4.79 Å². The zero-order valence-corrected chi connectivity index (χ0v) is 10.9. The highest BCUT2D eigenvalue weighted by Crippen LogP contribution is 2.07. The minimum Gasteiger partial charge on any atom is -0.323 e. The lowest BCUT2D eigenvalue weighted by molar-refractivity contribution is 0.636. The first-order chi connectivity index (χ1) is 9.13. The summed E-state index contributed by atoms with van der Waals surface area (Å²) in [6.45, 7) is 2.21. The molecule has 0 radical (unpaired) electrons. The molecule has 0 spiro atoms. The molecule has 98 valence electrons. The van der Waals surface area contributed by atoms with Crippen molar-refractivity contribution in [2.75, 3.05) is 0 Å². The first-order valence-electron chi connectivity index (χ1n) is 5.61. The highest BCUT2D eigenvalue weighted by Gasteiger charge is 2.08. The van der Waals surface area contributed by atoms with Crippen molar-refractivity contribution < 1.29 is 0 Å². The first kappa shape index (κ1) is 11.9. The third-order valence-corrected chi connectivity index (χ3v) is 3.26. The van der Waals surface area contributed by atoms with E-state index >= 15 is 0 Å². The molecule has 0 aromatic carbocycles. The first-order valence-corrected chi connectivity index (χ1v) is 6.49. The Morgan fingerprint density at radius 1 is 1.53 bits per heavy atom. The molecule has 3 aromatic rings. The fraction of sp³-hybridized carbons (Fsp3) is 0.300. The van der Waals surface area contributed by atoms with Gasteiger partial charge in [0.1, 0.15) is 5.51 Å². The molecule has 3 heterocycles. The van der Waals surface area contributed by atoms with E-state index in [1.165, 1.54) is 21.9 Å². The van der Waals surface area contributed by atoms with Crippen LogP contribution in [-0.2, 0) is 6.54 Å². The number of hydrogen-bond acceptors (Lipinski definition) is 7. The lowest BCUT2D eigenvalue weighted by atomic mass is 10.3. The van der Waals surface area contributed by atoms with E-state index in [1.807, 2.05) is 6.92 Å². The van der Waals surface area contributed by atoms with Crippen LogP contribution in [0.15, 0.2) is 22.6 Å². The Morgan fingerprint density at radius 2 is 2.37 bits per heavy atom. The Kier molecular flexibility index (Phi) is 2.84. The molecule has 8 nitrogen and oxygen atoms in total. The van der Waals surface area contributed by atoms with E-state index in [0.717, 1.165) is 0 Å². The lowest BCUT2D eigenvalue weighted by Gasteiger charge is -2.00. The minimum absolute atomic E-state index is 0.170.